The summed E-state index contributed by atoms with van der Waals surface area (Å²) in [5, 5.41) is 0.162. The van der Waals surface area contributed by atoms with E-state index in [9.17, 15) is 4.39 Å². The fraction of sp³-hybridized carbons (Fsp3) is 0.250. The second-order valence-electron chi connectivity index (χ2n) is 4.79. The number of nitrogens with zero attached hydrogens (tertiary/aromatic N) is 1. The summed E-state index contributed by atoms with van der Waals surface area (Å²) in [6.45, 7) is 4.47. The summed E-state index contributed by atoms with van der Waals surface area (Å²) in [5.41, 5.74) is 8.55. The van der Waals surface area contributed by atoms with Gasteiger partial charge in [-0.3, -0.25) is 4.90 Å². The first-order chi connectivity index (χ1) is 9.58. The Bertz CT molecular complexity index is 569. The van der Waals surface area contributed by atoms with E-state index in [0.717, 1.165) is 24.3 Å². The van der Waals surface area contributed by atoms with E-state index in [4.69, 9.17) is 17.3 Å². The Morgan fingerprint density at radius 1 is 1.05 bits per heavy atom. The van der Waals surface area contributed by atoms with Crippen molar-refractivity contribution in [2.24, 2.45) is 0 Å². The molecule has 0 saturated carbocycles. The lowest BCUT2D eigenvalue weighted by Crippen LogP contribution is -2.22. The van der Waals surface area contributed by atoms with Crippen LogP contribution in [-0.2, 0) is 13.1 Å². The summed E-state index contributed by atoms with van der Waals surface area (Å²) in [4.78, 5) is 2.23. The molecule has 0 heterocycles. The molecule has 0 bridgehead atoms. The molecular weight excluding hydrogens is 275 g/mol. The number of rotatable bonds is 5. The van der Waals surface area contributed by atoms with Crippen molar-refractivity contribution >= 4 is 17.3 Å². The first kappa shape index (κ1) is 14.8. The van der Waals surface area contributed by atoms with Crippen molar-refractivity contribution in [3.8, 4) is 0 Å². The molecule has 2 aromatic rings. The molecule has 0 aliphatic carbocycles. The highest BCUT2D eigenvalue weighted by atomic mass is 35.5. The second kappa shape index (κ2) is 6.73. The van der Waals surface area contributed by atoms with Crippen LogP contribution in [0.15, 0.2) is 42.5 Å². The van der Waals surface area contributed by atoms with Gasteiger partial charge in [-0.05, 0) is 41.9 Å². The highest BCUT2D eigenvalue weighted by Gasteiger charge is 2.07. The van der Waals surface area contributed by atoms with Crippen molar-refractivity contribution in [2.75, 3.05) is 12.3 Å². The quantitative estimate of drug-likeness (QED) is 0.841. The Morgan fingerprint density at radius 3 is 2.25 bits per heavy atom. The zero-order valence-corrected chi connectivity index (χ0v) is 12.2. The van der Waals surface area contributed by atoms with Gasteiger partial charge in [0.25, 0.3) is 0 Å². The number of hydrogen-bond donors (Lipinski definition) is 1. The molecule has 20 heavy (non-hydrogen) atoms. The van der Waals surface area contributed by atoms with E-state index in [2.05, 4.69) is 11.8 Å². The van der Waals surface area contributed by atoms with Crippen LogP contribution in [0.4, 0.5) is 10.1 Å². The van der Waals surface area contributed by atoms with Crippen molar-refractivity contribution in [2.45, 2.75) is 20.0 Å². The van der Waals surface area contributed by atoms with Crippen molar-refractivity contribution < 1.29 is 4.39 Å². The SMILES string of the molecule is CCN(Cc1ccc(N)cc1)Cc1ccc(Cl)c(F)c1. The van der Waals surface area contributed by atoms with Crippen LogP contribution in [0, 0.1) is 5.82 Å². The number of nitrogen functional groups attached to an aromatic ring is 1. The monoisotopic (exact) mass is 292 g/mol. The van der Waals surface area contributed by atoms with Crippen LogP contribution in [0.1, 0.15) is 18.1 Å². The molecule has 0 aliphatic rings. The highest BCUT2D eigenvalue weighted by Crippen LogP contribution is 2.17. The predicted octanol–water partition coefficient (Wildman–Crippen LogP) is 4.08. The summed E-state index contributed by atoms with van der Waals surface area (Å²) < 4.78 is 13.4. The van der Waals surface area contributed by atoms with Crippen LogP contribution in [0.25, 0.3) is 0 Å². The Hall–Kier alpha value is -1.58. The van der Waals surface area contributed by atoms with Crippen molar-refractivity contribution in [3.63, 3.8) is 0 Å². The third-order valence-corrected chi connectivity index (χ3v) is 3.53. The van der Waals surface area contributed by atoms with Crippen molar-refractivity contribution in [3.05, 3.63) is 64.4 Å². The van der Waals surface area contributed by atoms with Gasteiger partial charge in [0.15, 0.2) is 0 Å². The van der Waals surface area contributed by atoms with E-state index in [1.165, 1.54) is 11.6 Å². The van der Waals surface area contributed by atoms with Crippen LogP contribution >= 0.6 is 11.6 Å². The molecule has 0 saturated heterocycles. The van der Waals surface area contributed by atoms with Gasteiger partial charge in [-0.25, -0.2) is 4.39 Å². The maximum absolute atomic E-state index is 13.4. The molecule has 0 radical (unpaired) electrons. The van der Waals surface area contributed by atoms with Crippen LogP contribution in [-0.4, -0.2) is 11.4 Å². The first-order valence-corrected chi connectivity index (χ1v) is 6.97. The zero-order valence-electron chi connectivity index (χ0n) is 11.4. The van der Waals surface area contributed by atoms with Gasteiger partial charge in [-0.2, -0.15) is 0 Å². The highest BCUT2D eigenvalue weighted by molar-refractivity contribution is 6.30. The molecule has 0 unspecified atom stereocenters. The number of hydrogen-bond acceptors (Lipinski definition) is 2. The maximum Gasteiger partial charge on any atom is 0.142 e. The Morgan fingerprint density at radius 2 is 1.65 bits per heavy atom. The van der Waals surface area contributed by atoms with Crippen LogP contribution in [0.5, 0.6) is 0 Å². The van der Waals surface area contributed by atoms with Crippen molar-refractivity contribution in [1.82, 2.24) is 4.90 Å². The Balaban J connectivity index is 2.04. The predicted molar refractivity (Wildman–Crippen MR) is 82.1 cm³/mol. The number of halogens is 2. The minimum atomic E-state index is -0.368. The standard InChI is InChI=1S/C16H18ClFN2/c1-2-20(10-12-3-6-14(19)7-4-12)11-13-5-8-15(17)16(18)9-13/h3-9H,2,10-11,19H2,1H3. The molecule has 2 N–H and O–H groups in total. The van der Waals surface area contributed by atoms with Gasteiger partial charge in [-0.1, -0.05) is 36.7 Å². The molecule has 0 aliphatic heterocycles. The van der Waals surface area contributed by atoms with Crippen LogP contribution in [0.3, 0.4) is 0 Å². The van der Waals surface area contributed by atoms with Gasteiger partial charge in [-0.15, -0.1) is 0 Å². The minimum Gasteiger partial charge on any atom is -0.399 e. The first-order valence-electron chi connectivity index (χ1n) is 6.59. The largest absolute Gasteiger partial charge is 0.399 e. The average molecular weight is 293 g/mol. The van der Waals surface area contributed by atoms with Crippen LogP contribution in [0.2, 0.25) is 5.02 Å². The number of benzene rings is 2. The second-order valence-corrected chi connectivity index (χ2v) is 5.20. The van der Waals surface area contributed by atoms with E-state index in [1.807, 2.05) is 30.3 Å². The van der Waals surface area contributed by atoms with Gasteiger partial charge in [0.2, 0.25) is 0 Å². The third-order valence-electron chi connectivity index (χ3n) is 3.22. The third kappa shape index (κ3) is 3.95. The fourth-order valence-electron chi connectivity index (χ4n) is 2.06. The van der Waals surface area contributed by atoms with Gasteiger partial charge < -0.3 is 5.73 Å². The zero-order chi connectivity index (χ0) is 14.5. The maximum atomic E-state index is 13.4. The van der Waals surface area contributed by atoms with E-state index in [-0.39, 0.29) is 10.8 Å². The molecule has 0 aromatic heterocycles. The summed E-state index contributed by atoms with van der Waals surface area (Å²) in [6.07, 6.45) is 0. The molecule has 0 amide bonds. The number of nitrogens with two attached hydrogens (primary N) is 1. The summed E-state index contributed by atoms with van der Waals surface area (Å²) in [7, 11) is 0. The topological polar surface area (TPSA) is 29.3 Å². The molecule has 106 valence electrons. The van der Waals surface area contributed by atoms with Gasteiger partial charge in [0, 0.05) is 18.8 Å². The number of anilines is 1. The average Bonchev–Trinajstić information content (AvgIpc) is 2.44. The van der Waals surface area contributed by atoms with Gasteiger partial charge in [0.1, 0.15) is 5.82 Å². The molecule has 0 spiro atoms. The smallest absolute Gasteiger partial charge is 0.142 e. The minimum absolute atomic E-state index is 0.162. The molecule has 2 aromatic carbocycles. The molecule has 2 nitrogen and oxygen atoms in total. The summed E-state index contributed by atoms with van der Waals surface area (Å²) in [5.74, 6) is -0.368. The normalized spacial score (nSPS) is 11.0. The lowest BCUT2D eigenvalue weighted by atomic mass is 10.1. The summed E-state index contributed by atoms with van der Waals surface area (Å²) in [6, 6.07) is 12.8. The van der Waals surface area contributed by atoms with E-state index in [0.29, 0.717) is 6.54 Å². The lowest BCUT2D eigenvalue weighted by molar-refractivity contribution is 0.271. The molecule has 4 heteroatoms. The van der Waals surface area contributed by atoms with E-state index >= 15 is 0 Å². The van der Waals surface area contributed by atoms with Gasteiger partial charge in [0.05, 0.1) is 5.02 Å². The molecule has 0 atom stereocenters. The molecular formula is C16H18ClFN2. The Kier molecular flexibility index (Phi) is 4.99. The Labute approximate surface area is 124 Å². The molecule has 2 rings (SSSR count). The fourth-order valence-corrected chi connectivity index (χ4v) is 2.17. The molecule has 0 fully saturated rings. The van der Waals surface area contributed by atoms with E-state index in [1.54, 1.807) is 6.07 Å². The van der Waals surface area contributed by atoms with Gasteiger partial charge >= 0.3 is 0 Å². The summed E-state index contributed by atoms with van der Waals surface area (Å²) >= 11 is 5.70. The van der Waals surface area contributed by atoms with Crippen molar-refractivity contribution in [1.29, 1.82) is 0 Å². The lowest BCUT2D eigenvalue weighted by Gasteiger charge is -2.20. The van der Waals surface area contributed by atoms with E-state index < -0.39 is 0 Å². The van der Waals surface area contributed by atoms with Crippen LogP contribution < -0.4 is 5.73 Å².